The highest BCUT2D eigenvalue weighted by Crippen LogP contribution is 2.25. The van der Waals surface area contributed by atoms with Gasteiger partial charge in [0.25, 0.3) is 0 Å². The Balaban J connectivity index is 2.18. The average molecular weight is 262 g/mol. The van der Waals surface area contributed by atoms with E-state index in [0.29, 0.717) is 12.1 Å². The van der Waals surface area contributed by atoms with Crippen LogP contribution in [0.3, 0.4) is 0 Å². The Bertz CT molecular complexity index is 552. The van der Waals surface area contributed by atoms with Crippen LogP contribution in [0.15, 0.2) is 29.1 Å². The lowest BCUT2D eigenvalue weighted by Gasteiger charge is -2.18. The van der Waals surface area contributed by atoms with Crippen molar-refractivity contribution in [2.24, 2.45) is 0 Å². The number of phenolic OH excluding ortho intramolecular Hbond substituents is 1. The van der Waals surface area contributed by atoms with Crippen molar-refractivity contribution in [2.45, 2.75) is 13.5 Å². The zero-order valence-corrected chi connectivity index (χ0v) is 11.1. The van der Waals surface area contributed by atoms with Crippen molar-refractivity contribution in [3.05, 3.63) is 40.3 Å². The van der Waals surface area contributed by atoms with Crippen LogP contribution in [0.5, 0.6) is 5.75 Å². The third-order valence-corrected chi connectivity index (χ3v) is 3.32. The number of ketones is 1. The minimum atomic E-state index is -0.138. The Labute approximate surface area is 110 Å². The van der Waals surface area contributed by atoms with Gasteiger partial charge in [-0.05, 0) is 19.1 Å². The van der Waals surface area contributed by atoms with Gasteiger partial charge in [-0.15, -0.1) is 11.3 Å². The molecule has 1 N–H and O–H groups in total. The van der Waals surface area contributed by atoms with Crippen LogP contribution in [0.2, 0.25) is 0 Å². The fourth-order valence-corrected chi connectivity index (χ4v) is 2.25. The van der Waals surface area contributed by atoms with Crippen molar-refractivity contribution in [3.63, 3.8) is 0 Å². The van der Waals surface area contributed by atoms with Crippen LogP contribution < -0.4 is 4.90 Å². The van der Waals surface area contributed by atoms with E-state index < -0.39 is 0 Å². The molecule has 1 aromatic carbocycles. The number of thiazole rings is 1. The van der Waals surface area contributed by atoms with Gasteiger partial charge in [0.2, 0.25) is 0 Å². The Hall–Kier alpha value is -1.88. The summed E-state index contributed by atoms with van der Waals surface area (Å²) in [6.07, 6.45) is 0. The van der Waals surface area contributed by atoms with Crippen LogP contribution in [0, 0.1) is 0 Å². The van der Waals surface area contributed by atoms with Crippen LogP contribution in [-0.2, 0) is 6.54 Å². The van der Waals surface area contributed by atoms with Gasteiger partial charge in [0.15, 0.2) is 5.78 Å². The van der Waals surface area contributed by atoms with E-state index in [9.17, 15) is 9.90 Å². The number of carbonyl (C=O) groups excluding carboxylic acids is 1. The molecule has 2 aromatic rings. The molecule has 0 fully saturated rings. The maximum atomic E-state index is 11.2. The number of hydrogen-bond donors (Lipinski definition) is 1. The molecule has 0 aliphatic carbocycles. The quantitative estimate of drug-likeness (QED) is 0.861. The molecule has 2 rings (SSSR count). The number of Topliss-reactive ketones (excluding diaryl/α,β-unsaturated/α-hetero) is 1. The highest BCUT2D eigenvalue weighted by Gasteiger charge is 2.10. The smallest absolute Gasteiger partial charge is 0.163 e. The number of aromatic nitrogens is 1. The summed E-state index contributed by atoms with van der Waals surface area (Å²) >= 11 is 1.55. The first-order chi connectivity index (χ1) is 8.58. The zero-order valence-electron chi connectivity index (χ0n) is 10.3. The maximum Gasteiger partial charge on any atom is 0.163 e. The molecule has 94 valence electrons. The summed E-state index contributed by atoms with van der Waals surface area (Å²) in [5.74, 6) is -0.119. The van der Waals surface area contributed by atoms with Gasteiger partial charge in [-0.25, -0.2) is 4.98 Å². The summed E-state index contributed by atoms with van der Waals surface area (Å²) in [5, 5.41) is 11.8. The Morgan fingerprint density at radius 2 is 2.28 bits per heavy atom. The molecule has 0 saturated carbocycles. The molecule has 1 heterocycles. The molecule has 0 aliphatic rings. The highest BCUT2D eigenvalue weighted by molar-refractivity contribution is 7.07. The van der Waals surface area contributed by atoms with Crippen LogP contribution in [-0.4, -0.2) is 22.9 Å². The summed E-state index contributed by atoms with van der Waals surface area (Å²) in [6, 6.07) is 5.07. The number of rotatable bonds is 4. The molecular formula is C13H14N2O2S. The highest BCUT2D eigenvalue weighted by atomic mass is 32.1. The van der Waals surface area contributed by atoms with E-state index in [4.69, 9.17) is 0 Å². The van der Waals surface area contributed by atoms with Crippen LogP contribution in [0.1, 0.15) is 23.0 Å². The van der Waals surface area contributed by atoms with E-state index >= 15 is 0 Å². The Morgan fingerprint density at radius 3 is 2.83 bits per heavy atom. The van der Waals surface area contributed by atoms with Crippen molar-refractivity contribution in [1.29, 1.82) is 0 Å². The van der Waals surface area contributed by atoms with Gasteiger partial charge >= 0.3 is 0 Å². The Morgan fingerprint density at radius 1 is 1.50 bits per heavy atom. The van der Waals surface area contributed by atoms with Crippen molar-refractivity contribution in [3.8, 4) is 5.75 Å². The number of anilines is 1. The van der Waals surface area contributed by atoms with Gasteiger partial charge in [0.05, 0.1) is 23.3 Å². The standard InChI is InChI=1S/C13H14N2O2S/c1-9(16)12-4-3-11(5-13(12)17)15(2)6-10-7-18-8-14-10/h3-5,7-8,17H,6H2,1-2H3. The minimum Gasteiger partial charge on any atom is -0.507 e. The number of phenols is 1. The summed E-state index contributed by atoms with van der Waals surface area (Å²) in [5.41, 5.74) is 3.98. The predicted octanol–water partition coefficient (Wildman–Crippen LogP) is 2.69. The maximum absolute atomic E-state index is 11.2. The molecule has 0 amide bonds. The lowest BCUT2D eigenvalue weighted by Crippen LogP contribution is -2.16. The topological polar surface area (TPSA) is 53.4 Å². The monoisotopic (exact) mass is 262 g/mol. The SMILES string of the molecule is CC(=O)c1ccc(N(C)Cc2cscn2)cc1O. The van der Waals surface area contributed by atoms with E-state index in [-0.39, 0.29) is 11.5 Å². The molecule has 0 bridgehead atoms. The van der Waals surface area contributed by atoms with E-state index in [2.05, 4.69) is 4.98 Å². The van der Waals surface area contributed by atoms with Crippen LogP contribution in [0.4, 0.5) is 5.69 Å². The second-order valence-corrected chi connectivity index (χ2v) is 4.81. The largest absolute Gasteiger partial charge is 0.507 e. The molecule has 0 atom stereocenters. The van der Waals surface area contributed by atoms with E-state index in [1.54, 1.807) is 29.0 Å². The molecule has 0 aliphatic heterocycles. The summed E-state index contributed by atoms with van der Waals surface area (Å²) < 4.78 is 0. The molecule has 18 heavy (non-hydrogen) atoms. The number of aromatic hydroxyl groups is 1. The second kappa shape index (κ2) is 5.18. The average Bonchev–Trinajstić information content (AvgIpc) is 2.81. The molecule has 0 spiro atoms. The van der Waals surface area contributed by atoms with E-state index in [1.165, 1.54) is 6.92 Å². The van der Waals surface area contributed by atoms with Gasteiger partial charge in [-0.1, -0.05) is 0 Å². The Kier molecular flexibility index (Phi) is 3.62. The molecule has 0 radical (unpaired) electrons. The van der Waals surface area contributed by atoms with Gasteiger partial charge < -0.3 is 10.0 Å². The summed E-state index contributed by atoms with van der Waals surface area (Å²) in [4.78, 5) is 17.4. The predicted molar refractivity (Wildman–Crippen MR) is 72.3 cm³/mol. The first-order valence-corrected chi connectivity index (χ1v) is 6.44. The number of nitrogens with zero attached hydrogens (tertiary/aromatic N) is 2. The fourth-order valence-electron chi connectivity index (χ4n) is 1.71. The molecule has 1 aromatic heterocycles. The zero-order chi connectivity index (χ0) is 13.1. The van der Waals surface area contributed by atoms with Crippen molar-refractivity contribution in [2.75, 3.05) is 11.9 Å². The minimum absolute atomic E-state index is 0.0186. The number of hydrogen-bond acceptors (Lipinski definition) is 5. The molecule has 0 unspecified atom stereocenters. The summed E-state index contributed by atoms with van der Waals surface area (Å²) in [6.45, 7) is 2.11. The lowest BCUT2D eigenvalue weighted by molar-refractivity contribution is 0.101. The van der Waals surface area contributed by atoms with Gasteiger partial charge in [-0.3, -0.25) is 4.79 Å². The molecule has 4 nitrogen and oxygen atoms in total. The number of benzene rings is 1. The molecule has 5 heteroatoms. The lowest BCUT2D eigenvalue weighted by atomic mass is 10.1. The van der Waals surface area contributed by atoms with Gasteiger partial charge in [-0.2, -0.15) is 0 Å². The summed E-state index contributed by atoms with van der Waals surface area (Å²) in [7, 11) is 1.92. The van der Waals surface area contributed by atoms with E-state index in [1.807, 2.05) is 23.4 Å². The van der Waals surface area contributed by atoms with Crippen molar-refractivity contribution in [1.82, 2.24) is 4.98 Å². The molecular weight excluding hydrogens is 248 g/mol. The van der Waals surface area contributed by atoms with Crippen LogP contribution in [0.25, 0.3) is 0 Å². The van der Waals surface area contributed by atoms with Crippen molar-refractivity contribution < 1.29 is 9.90 Å². The second-order valence-electron chi connectivity index (χ2n) is 4.09. The first-order valence-electron chi connectivity index (χ1n) is 5.50. The third-order valence-electron chi connectivity index (χ3n) is 2.68. The van der Waals surface area contributed by atoms with Crippen LogP contribution >= 0.6 is 11.3 Å². The number of carbonyl (C=O) groups is 1. The van der Waals surface area contributed by atoms with Gasteiger partial charge in [0.1, 0.15) is 5.75 Å². The fraction of sp³-hybridized carbons (Fsp3) is 0.231. The van der Waals surface area contributed by atoms with Gasteiger partial charge in [0, 0.05) is 24.2 Å². The molecule has 0 saturated heterocycles. The van der Waals surface area contributed by atoms with E-state index in [0.717, 1.165) is 11.4 Å². The first kappa shape index (κ1) is 12.6. The third kappa shape index (κ3) is 2.68. The normalized spacial score (nSPS) is 10.3. The van der Waals surface area contributed by atoms with Crippen molar-refractivity contribution >= 4 is 22.8 Å².